The molecule has 0 saturated heterocycles. The zero-order valence-electron chi connectivity index (χ0n) is 24.9. The van der Waals surface area contributed by atoms with Crippen molar-refractivity contribution in [3.63, 3.8) is 0 Å². The molecule has 3 fully saturated rings. The zero-order chi connectivity index (χ0) is 27.1. The average molecular weight is 584 g/mol. The molecule has 3 heteroatoms. The van der Waals surface area contributed by atoms with E-state index in [1.165, 1.54) is 51.4 Å². The second kappa shape index (κ2) is 11.4. The van der Waals surface area contributed by atoms with Gasteiger partial charge in [0.05, 0.1) is 0 Å². The Kier molecular flexibility index (Phi) is 8.57. The number of allylic oxidation sites excluding steroid dienone is 1. The maximum atomic E-state index is 11.8. The molecule has 4 aliphatic rings. The van der Waals surface area contributed by atoms with Gasteiger partial charge in [0.2, 0.25) is 0 Å². The molecule has 3 saturated carbocycles. The topological polar surface area (TPSA) is 26.3 Å². The second-order valence-corrected chi connectivity index (χ2v) is 16.9. The van der Waals surface area contributed by atoms with Gasteiger partial charge in [-0.25, -0.2) is 0 Å². The van der Waals surface area contributed by atoms with E-state index in [9.17, 15) is 4.79 Å². The summed E-state index contributed by atoms with van der Waals surface area (Å²) >= 11 is 0.437. The number of rotatable bonds is 8. The van der Waals surface area contributed by atoms with Crippen molar-refractivity contribution in [3.8, 4) is 0 Å². The summed E-state index contributed by atoms with van der Waals surface area (Å²) in [7, 11) is 0. The molecule has 9 atom stereocenters. The van der Waals surface area contributed by atoms with Crippen LogP contribution < -0.4 is 4.46 Å². The molecule has 1 aromatic rings. The molecule has 0 radical (unpaired) electrons. The monoisotopic (exact) mass is 584 g/mol. The second-order valence-electron chi connectivity index (χ2n) is 14.3. The van der Waals surface area contributed by atoms with Gasteiger partial charge in [-0.2, -0.15) is 0 Å². The summed E-state index contributed by atoms with van der Waals surface area (Å²) in [6.45, 7) is 14.2. The quantitative estimate of drug-likeness (QED) is 0.175. The summed E-state index contributed by atoms with van der Waals surface area (Å²) in [6, 6.07) is 11.3. The summed E-state index contributed by atoms with van der Waals surface area (Å²) in [5.41, 5.74) is 2.41. The number of carbonyl (C=O) groups is 1. The van der Waals surface area contributed by atoms with Crippen LogP contribution in [-0.2, 0) is 9.53 Å². The van der Waals surface area contributed by atoms with Crippen molar-refractivity contribution in [3.05, 3.63) is 42.0 Å². The van der Waals surface area contributed by atoms with Gasteiger partial charge in [-0.3, -0.25) is 0 Å². The summed E-state index contributed by atoms with van der Waals surface area (Å²) in [5.74, 6) is 4.89. The Labute approximate surface area is 239 Å². The van der Waals surface area contributed by atoms with Crippen LogP contribution in [0.2, 0.25) is 4.82 Å². The number of fused-ring (bicyclic) bond motifs is 5. The van der Waals surface area contributed by atoms with Crippen LogP contribution in [0.1, 0.15) is 106 Å². The van der Waals surface area contributed by atoms with E-state index >= 15 is 0 Å². The van der Waals surface area contributed by atoms with Gasteiger partial charge in [-0.05, 0) is 0 Å². The summed E-state index contributed by atoms with van der Waals surface area (Å²) in [5, 5.41) is 0. The molecule has 5 rings (SSSR count). The molecule has 210 valence electrons. The average Bonchev–Trinajstić information content (AvgIpc) is 3.22. The molecule has 2 nitrogen and oxygen atoms in total. The van der Waals surface area contributed by atoms with Crippen LogP contribution in [0.3, 0.4) is 0 Å². The van der Waals surface area contributed by atoms with Gasteiger partial charge in [0.25, 0.3) is 0 Å². The van der Waals surface area contributed by atoms with Crippen LogP contribution in [0.4, 0.5) is 0 Å². The molecule has 0 spiro atoms. The third-order valence-electron chi connectivity index (χ3n) is 11.6. The van der Waals surface area contributed by atoms with Crippen LogP contribution in [0.25, 0.3) is 0 Å². The van der Waals surface area contributed by atoms with Gasteiger partial charge in [-0.1, -0.05) is 0 Å². The molecule has 0 aromatic heterocycles. The fraction of sp³-hybridized carbons (Fsp3) is 0.743. The number of ether oxygens (including phenoxy) is 1. The van der Waals surface area contributed by atoms with Crippen LogP contribution in [-0.4, -0.2) is 27.0 Å². The molecule has 0 N–H and O–H groups in total. The van der Waals surface area contributed by atoms with Crippen molar-refractivity contribution in [2.24, 2.45) is 46.3 Å². The molecular weight excluding hydrogens is 531 g/mol. The maximum absolute atomic E-state index is 11.8. The summed E-state index contributed by atoms with van der Waals surface area (Å²) < 4.78 is 7.31. The van der Waals surface area contributed by atoms with E-state index in [2.05, 4.69) is 71.0 Å². The van der Waals surface area contributed by atoms with Gasteiger partial charge in [0, 0.05) is 0 Å². The van der Waals surface area contributed by atoms with E-state index in [0.29, 0.717) is 25.2 Å². The van der Waals surface area contributed by atoms with Crippen LogP contribution in [0, 0.1) is 46.3 Å². The van der Waals surface area contributed by atoms with Gasteiger partial charge in [-0.15, -0.1) is 0 Å². The standard InChI is InChI=1S/C35H52O2Se/c1-23(2)11-10-12-24(3)29-15-16-30-33-31(18-20-35(29,30)6)34(5)19-17-27(37-25(4)36)21-26(34)22-32(33)38-28-13-8-7-9-14-28/h7-9,13-14,22-24,27,29-33H,10-12,15-21H2,1-6H3/t24-,27+,29-,30+,31+,32+,33+,34+,35-/m1/s1. The van der Waals surface area contributed by atoms with Crippen molar-refractivity contribution < 1.29 is 9.53 Å². The van der Waals surface area contributed by atoms with Gasteiger partial charge in [0.15, 0.2) is 0 Å². The molecule has 38 heavy (non-hydrogen) atoms. The van der Waals surface area contributed by atoms with Crippen molar-refractivity contribution >= 4 is 25.4 Å². The van der Waals surface area contributed by atoms with Crippen LogP contribution in [0.5, 0.6) is 0 Å². The van der Waals surface area contributed by atoms with Crippen molar-refractivity contribution in [2.45, 2.75) is 117 Å². The number of carbonyl (C=O) groups excluding carboxylic acids is 1. The Morgan fingerprint density at radius 1 is 1.00 bits per heavy atom. The van der Waals surface area contributed by atoms with E-state index in [0.717, 1.165) is 48.3 Å². The predicted molar refractivity (Wildman–Crippen MR) is 160 cm³/mol. The number of hydrogen-bond donors (Lipinski definition) is 0. The molecule has 1 aromatic carbocycles. The molecular formula is C35H52O2Se. The van der Waals surface area contributed by atoms with Crippen molar-refractivity contribution in [1.29, 1.82) is 0 Å². The molecule has 0 bridgehead atoms. The minimum absolute atomic E-state index is 0.0738. The Bertz CT molecular complexity index is 1000. The Hall–Kier alpha value is -1.05. The minimum atomic E-state index is -0.120. The number of benzene rings is 1. The van der Waals surface area contributed by atoms with E-state index in [4.69, 9.17) is 4.74 Å². The van der Waals surface area contributed by atoms with E-state index in [1.54, 1.807) is 17.0 Å². The first-order chi connectivity index (χ1) is 18.1. The predicted octanol–water partition coefficient (Wildman–Crippen LogP) is 8.39. The molecule has 4 aliphatic carbocycles. The first-order valence-corrected chi connectivity index (χ1v) is 17.6. The fourth-order valence-electron chi connectivity index (χ4n) is 9.72. The number of esters is 1. The number of hydrogen-bond acceptors (Lipinski definition) is 2. The summed E-state index contributed by atoms with van der Waals surface area (Å²) in [4.78, 5) is 12.5. The first kappa shape index (κ1) is 28.5. The van der Waals surface area contributed by atoms with Crippen LogP contribution >= 0.6 is 0 Å². The third kappa shape index (κ3) is 5.45. The molecule has 0 amide bonds. The third-order valence-corrected chi connectivity index (χ3v) is 14.3. The van der Waals surface area contributed by atoms with Crippen molar-refractivity contribution in [1.82, 2.24) is 0 Å². The summed E-state index contributed by atoms with van der Waals surface area (Å²) in [6.07, 6.45) is 15.9. The first-order valence-electron chi connectivity index (χ1n) is 15.7. The van der Waals surface area contributed by atoms with Gasteiger partial charge < -0.3 is 0 Å². The van der Waals surface area contributed by atoms with Crippen molar-refractivity contribution in [2.75, 3.05) is 0 Å². The van der Waals surface area contributed by atoms with Gasteiger partial charge in [0.1, 0.15) is 0 Å². The van der Waals surface area contributed by atoms with E-state index in [1.807, 2.05) is 0 Å². The fourth-order valence-corrected chi connectivity index (χ4v) is 12.6. The van der Waals surface area contributed by atoms with E-state index < -0.39 is 0 Å². The molecule has 0 unspecified atom stereocenters. The Balaban J connectivity index is 1.44. The molecule has 0 heterocycles. The van der Waals surface area contributed by atoms with E-state index in [-0.39, 0.29) is 17.5 Å². The SMILES string of the molecule is CC(=O)O[C@H]1CC[C@@]2(C)C(=C[C@H]([Se]c3ccccc3)[C@H]3[C@@H]4CC[C@H]([C@H](C)CCCC(C)C)[C@@]4(C)CC[C@@H]32)C1. The Morgan fingerprint density at radius 2 is 1.76 bits per heavy atom. The van der Waals surface area contributed by atoms with Crippen LogP contribution in [0.15, 0.2) is 42.0 Å². The normalized spacial score (nSPS) is 39.1. The van der Waals surface area contributed by atoms with Gasteiger partial charge >= 0.3 is 240 Å². The molecule has 0 aliphatic heterocycles. The zero-order valence-corrected chi connectivity index (χ0v) is 26.6. The Morgan fingerprint density at radius 3 is 2.47 bits per heavy atom.